The lowest BCUT2D eigenvalue weighted by Gasteiger charge is -2.22. The molecule has 17 heavy (non-hydrogen) atoms. The van der Waals surface area contributed by atoms with Crippen molar-refractivity contribution in [2.24, 2.45) is 0 Å². The number of hydrogen-bond acceptors (Lipinski definition) is 4. The molecule has 102 valence electrons. The zero-order valence-electron chi connectivity index (χ0n) is 11.0. The first-order chi connectivity index (χ1) is 8.20. The molecule has 5 heteroatoms. The van der Waals surface area contributed by atoms with E-state index in [-0.39, 0.29) is 6.10 Å². The van der Waals surface area contributed by atoms with Gasteiger partial charge in [0, 0.05) is 14.2 Å². The minimum atomic E-state index is -3.31. The Kier molecular flexibility index (Phi) is 7.36. The second-order valence-corrected chi connectivity index (χ2v) is 6.43. The minimum Gasteiger partial charge on any atom is -0.290 e. The molecule has 1 saturated carbocycles. The SMILES string of the molecule is COP(=O)(OC)OC1CCCCCCCCC1. The van der Waals surface area contributed by atoms with Gasteiger partial charge in [-0.15, -0.1) is 0 Å². The number of hydrogen-bond donors (Lipinski definition) is 0. The number of rotatable bonds is 4. The van der Waals surface area contributed by atoms with Crippen molar-refractivity contribution >= 4 is 7.82 Å². The van der Waals surface area contributed by atoms with E-state index < -0.39 is 7.82 Å². The van der Waals surface area contributed by atoms with Crippen molar-refractivity contribution in [3.8, 4) is 0 Å². The Bertz CT molecular complexity index is 227. The van der Waals surface area contributed by atoms with Gasteiger partial charge < -0.3 is 0 Å². The fraction of sp³-hybridized carbons (Fsp3) is 1.00. The van der Waals surface area contributed by atoms with Crippen molar-refractivity contribution < 1.29 is 18.1 Å². The maximum absolute atomic E-state index is 11.9. The van der Waals surface area contributed by atoms with Gasteiger partial charge in [0.1, 0.15) is 0 Å². The molecule has 0 unspecified atom stereocenters. The van der Waals surface area contributed by atoms with Crippen molar-refractivity contribution in [3.63, 3.8) is 0 Å². The van der Waals surface area contributed by atoms with Crippen LogP contribution in [0.5, 0.6) is 0 Å². The summed E-state index contributed by atoms with van der Waals surface area (Å²) in [7, 11) is -0.577. The fourth-order valence-electron chi connectivity index (χ4n) is 2.22. The maximum atomic E-state index is 11.9. The normalized spacial score (nSPS) is 21.3. The van der Waals surface area contributed by atoms with E-state index in [1.807, 2.05) is 0 Å². The molecule has 0 radical (unpaired) electrons. The largest absolute Gasteiger partial charge is 0.474 e. The molecule has 0 atom stereocenters. The maximum Gasteiger partial charge on any atom is 0.474 e. The summed E-state index contributed by atoms with van der Waals surface area (Å²) in [5, 5.41) is 0. The minimum absolute atomic E-state index is 0.0128. The summed E-state index contributed by atoms with van der Waals surface area (Å²) in [5.74, 6) is 0. The topological polar surface area (TPSA) is 44.8 Å². The summed E-state index contributed by atoms with van der Waals surface area (Å²) in [6, 6.07) is 0. The Morgan fingerprint density at radius 1 is 0.824 bits per heavy atom. The Hall–Kier alpha value is 0.110. The molecule has 4 nitrogen and oxygen atoms in total. The van der Waals surface area contributed by atoms with Crippen LogP contribution in [0.4, 0.5) is 0 Å². The molecular weight excluding hydrogens is 239 g/mol. The molecule has 1 fully saturated rings. The molecule has 1 aliphatic rings. The lowest BCUT2D eigenvalue weighted by molar-refractivity contribution is 0.0907. The highest BCUT2D eigenvalue weighted by atomic mass is 31.2. The third kappa shape index (κ3) is 6.01. The molecule has 0 saturated heterocycles. The van der Waals surface area contributed by atoms with E-state index in [9.17, 15) is 4.57 Å². The predicted molar refractivity (Wildman–Crippen MR) is 68.1 cm³/mol. The second-order valence-electron chi connectivity index (χ2n) is 4.59. The van der Waals surface area contributed by atoms with Gasteiger partial charge in [-0.2, -0.15) is 0 Å². The standard InChI is InChI=1S/C12H25O4P/c1-14-17(13,15-2)16-12-10-8-6-4-3-5-7-9-11-12/h12H,3-11H2,1-2H3. The molecule has 0 N–H and O–H groups in total. The van der Waals surface area contributed by atoms with E-state index in [0.29, 0.717) is 0 Å². The van der Waals surface area contributed by atoms with Crippen LogP contribution in [0.1, 0.15) is 57.8 Å². The third-order valence-electron chi connectivity index (χ3n) is 3.28. The van der Waals surface area contributed by atoms with Gasteiger partial charge in [0.2, 0.25) is 0 Å². The van der Waals surface area contributed by atoms with E-state index in [1.54, 1.807) is 0 Å². The van der Waals surface area contributed by atoms with Crippen molar-refractivity contribution in [3.05, 3.63) is 0 Å². The van der Waals surface area contributed by atoms with E-state index in [2.05, 4.69) is 0 Å². The Balaban J connectivity index is 2.44. The van der Waals surface area contributed by atoms with Gasteiger partial charge >= 0.3 is 7.82 Å². The zero-order valence-corrected chi connectivity index (χ0v) is 11.9. The molecule has 0 aromatic rings. The molecule has 0 amide bonds. The number of phosphoric acid groups is 1. The first kappa shape index (κ1) is 15.2. The van der Waals surface area contributed by atoms with Crippen LogP contribution in [0.3, 0.4) is 0 Å². The van der Waals surface area contributed by atoms with E-state index >= 15 is 0 Å². The van der Waals surface area contributed by atoms with Crippen LogP contribution in [0, 0.1) is 0 Å². The molecule has 1 aliphatic carbocycles. The van der Waals surface area contributed by atoms with Crippen LogP contribution in [0.2, 0.25) is 0 Å². The van der Waals surface area contributed by atoms with E-state index in [4.69, 9.17) is 13.6 Å². The molecule has 0 aromatic heterocycles. The lowest BCUT2D eigenvalue weighted by Crippen LogP contribution is -2.13. The third-order valence-corrected chi connectivity index (χ3v) is 4.73. The molecule has 0 aliphatic heterocycles. The molecule has 0 spiro atoms. The summed E-state index contributed by atoms with van der Waals surface area (Å²) >= 11 is 0. The quantitative estimate of drug-likeness (QED) is 0.710. The first-order valence-electron chi connectivity index (χ1n) is 6.60. The average molecular weight is 264 g/mol. The Morgan fingerprint density at radius 3 is 1.65 bits per heavy atom. The van der Waals surface area contributed by atoms with Crippen LogP contribution in [-0.2, 0) is 18.1 Å². The highest BCUT2D eigenvalue weighted by Crippen LogP contribution is 2.49. The Morgan fingerprint density at radius 2 is 1.24 bits per heavy atom. The van der Waals surface area contributed by atoms with Crippen LogP contribution in [0.25, 0.3) is 0 Å². The summed E-state index contributed by atoms with van der Waals surface area (Å²) in [6.07, 6.45) is 10.6. The Labute approximate surface area is 105 Å². The van der Waals surface area contributed by atoms with Crippen LogP contribution in [0.15, 0.2) is 0 Å². The highest BCUT2D eigenvalue weighted by Gasteiger charge is 2.27. The number of phosphoric ester groups is 1. The highest BCUT2D eigenvalue weighted by molar-refractivity contribution is 7.48. The average Bonchev–Trinajstić information content (AvgIpc) is 2.37. The first-order valence-corrected chi connectivity index (χ1v) is 8.06. The monoisotopic (exact) mass is 264 g/mol. The molecule has 1 rings (SSSR count). The predicted octanol–water partition coefficient (Wildman–Crippen LogP) is 4.30. The lowest BCUT2D eigenvalue weighted by atomic mass is 9.99. The smallest absolute Gasteiger partial charge is 0.290 e. The second kappa shape index (κ2) is 8.25. The fourth-order valence-corrected chi connectivity index (χ4v) is 3.12. The van der Waals surface area contributed by atoms with Gasteiger partial charge in [-0.05, 0) is 12.8 Å². The van der Waals surface area contributed by atoms with Crippen molar-refractivity contribution in [1.82, 2.24) is 0 Å². The summed E-state index contributed by atoms with van der Waals surface area (Å²) in [6.45, 7) is 0. The summed E-state index contributed by atoms with van der Waals surface area (Å²) in [5.41, 5.74) is 0. The zero-order chi connectivity index (χ0) is 12.6. The summed E-state index contributed by atoms with van der Waals surface area (Å²) in [4.78, 5) is 0. The molecule has 0 aromatic carbocycles. The van der Waals surface area contributed by atoms with Crippen molar-refractivity contribution in [1.29, 1.82) is 0 Å². The van der Waals surface area contributed by atoms with Crippen LogP contribution in [-0.4, -0.2) is 20.3 Å². The van der Waals surface area contributed by atoms with Crippen molar-refractivity contribution in [2.75, 3.05) is 14.2 Å². The van der Waals surface area contributed by atoms with Crippen molar-refractivity contribution in [2.45, 2.75) is 63.9 Å². The molecule has 0 bridgehead atoms. The molecular formula is C12H25O4P. The van der Waals surface area contributed by atoms with Crippen LogP contribution < -0.4 is 0 Å². The van der Waals surface area contributed by atoms with E-state index in [0.717, 1.165) is 25.7 Å². The van der Waals surface area contributed by atoms with Gasteiger partial charge in [-0.3, -0.25) is 13.6 Å². The van der Waals surface area contributed by atoms with Gasteiger partial charge in [0.15, 0.2) is 0 Å². The van der Waals surface area contributed by atoms with Gasteiger partial charge in [-0.1, -0.05) is 44.9 Å². The van der Waals surface area contributed by atoms with Gasteiger partial charge in [0.05, 0.1) is 6.10 Å². The molecule has 0 heterocycles. The van der Waals surface area contributed by atoms with E-state index in [1.165, 1.54) is 46.3 Å². The van der Waals surface area contributed by atoms with Gasteiger partial charge in [-0.25, -0.2) is 4.57 Å². The summed E-state index contributed by atoms with van der Waals surface area (Å²) < 4.78 is 27.1. The van der Waals surface area contributed by atoms with Gasteiger partial charge in [0.25, 0.3) is 0 Å². The van der Waals surface area contributed by atoms with Crippen LogP contribution >= 0.6 is 7.82 Å².